The van der Waals surface area contributed by atoms with E-state index in [1.807, 2.05) is 0 Å². The minimum Gasteiger partial charge on any atom is -0.318 e. The smallest absolute Gasteiger partial charge is 0.244 e. The summed E-state index contributed by atoms with van der Waals surface area (Å²) < 4.78 is 0. The van der Waals surface area contributed by atoms with Crippen LogP contribution in [0.5, 0.6) is 0 Å². The fourth-order valence-electron chi connectivity index (χ4n) is 2.79. The van der Waals surface area contributed by atoms with Gasteiger partial charge in [0.15, 0.2) is 0 Å². The quantitative estimate of drug-likeness (QED) is 0.921. The van der Waals surface area contributed by atoms with Gasteiger partial charge in [0.25, 0.3) is 0 Å². The summed E-state index contributed by atoms with van der Waals surface area (Å²) in [6.45, 7) is 8.66. The van der Waals surface area contributed by atoms with E-state index in [0.29, 0.717) is 11.8 Å². The highest BCUT2D eigenvalue weighted by Gasteiger charge is 2.60. The van der Waals surface area contributed by atoms with E-state index in [0.717, 1.165) is 12.8 Å². The van der Waals surface area contributed by atoms with Crippen LogP contribution in [0.1, 0.15) is 49.5 Å². The summed E-state index contributed by atoms with van der Waals surface area (Å²) in [5, 5.41) is 3.59. The second-order valence-electron chi connectivity index (χ2n) is 6.27. The van der Waals surface area contributed by atoms with Gasteiger partial charge in [0, 0.05) is 15.8 Å². The zero-order chi connectivity index (χ0) is 13.8. The Morgan fingerprint density at radius 3 is 2.53 bits per heavy atom. The summed E-state index contributed by atoms with van der Waals surface area (Å²) in [6.07, 6.45) is 2.06. The molecule has 1 aromatic rings. The van der Waals surface area contributed by atoms with Crippen LogP contribution >= 0.6 is 11.3 Å². The summed E-state index contributed by atoms with van der Waals surface area (Å²) in [5.41, 5.74) is -0.230. The molecule has 2 aliphatic rings. The molecule has 3 nitrogen and oxygen atoms in total. The molecule has 1 spiro atoms. The molecular weight excluding hydrogens is 256 g/mol. The van der Waals surface area contributed by atoms with Gasteiger partial charge in [-0.3, -0.25) is 10.1 Å². The molecule has 1 aliphatic carbocycles. The molecule has 2 atom stereocenters. The molecule has 1 saturated heterocycles. The standard InChI is InChI=1S/C15H22N2OS/c1-9(2)11(4)17-13(12-6-5-10(3)19-12)16-15(7-8-15)14(17)18/h5-6,9,11,13,16H,7-8H2,1-4H3. The van der Waals surface area contributed by atoms with Gasteiger partial charge in [-0.15, -0.1) is 11.3 Å². The Kier molecular flexibility index (Phi) is 2.98. The van der Waals surface area contributed by atoms with E-state index in [1.165, 1.54) is 9.75 Å². The number of rotatable bonds is 3. The lowest BCUT2D eigenvalue weighted by Crippen LogP contribution is -2.41. The Morgan fingerprint density at radius 2 is 2.05 bits per heavy atom. The fourth-order valence-corrected chi connectivity index (χ4v) is 3.72. The van der Waals surface area contributed by atoms with Crippen molar-refractivity contribution < 1.29 is 4.79 Å². The first-order valence-electron chi connectivity index (χ1n) is 7.11. The minimum absolute atomic E-state index is 0.0751. The summed E-state index contributed by atoms with van der Waals surface area (Å²) in [6, 6.07) is 4.57. The molecule has 1 N–H and O–H groups in total. The van der Waals surface area contributed by atoms with Crippen molar-refractivity contribution in [3.05, 3.63) is 21.9 Å². The van der Waals surface area contributed by atoms with Crippen LogP contribution in [0.4, 0.5) is 0 Å². The van der Waals surface area contributed by atoms with Gasteiger partial charge in [-0.05, 0) is 44.7 Å². The van der Waals surface area contributed by atoms with Crippen LogP contribution in [0.3, 0.4) is 0 Å². The monoisotopic (exact) mass is 278 g/mol. The molecule has 0 radical (unpaired) electrons. The molecular formula is C15H22N2OS. The molecule has 2 heterocycles. The average Bonchev–Trinajstić information content (AvgIpc) is 2.92. The minimum atomic E-state index is -0.230. The second-order valence-corrected chi connectivity index (χ2v) is 7.59. The van der Waals surface area contributed by atoms with E-state index >= 15 is 0 Å². The van der Waals surface area contributed by atoms with Crippen LogP contribution < -0.4 is 5.32 Å². The number of nitrogens with one attached hydrogen (secondary N) is 1. The summed E-state index contributed by atoms with van der Waals surface area (Å²) in [4.78, 5) is 17.4. The number of nitrogens with zero attached hydrogens (tertiary/aromatic N) is 1. The van der Waals surface area contributed by atoms with Crippen molar-refractivity contribution in [2.75, 3.05) is 0 Å². The number of hydrogen-bond acceptors (Lipinski definition) is 3. The highest BCUT2D eigenvalue weighted by molar-refractivity contribution is 7.12. The van der Waals surface area contributed by atoms with Crippen LogP contribution in [0, 0.1) is 12.8 Å². The van der Waals surface area contributed by atoms with Crippen LogP contribution in [0.25, 0.3) is 0 Å². The first-order valence-corrected chi connectivity index (χ1v) is 7.93. The maximum absolute atomic E-state index is 12.7. The maximum atomic E-state index is 12.7. The van der Waals surface area contributed by atoms with Crippen LogP contribution in [-0.4, -0.2) is 22.4 Å². The zero-order valence-electron chi connectivity index (χ0n) is 12.1. The number of aryl methyl sites for hydroxylation is 1. The van der Waals surface area contributed by atoms with E-state index in [1.54, 1.807) is 11.3 Å². The third kappa shape index (κ3) is 2.01. The van der Waals surface area contributed by atoms with Gasteiger partial charge in [-0.2, -0.15) is 0 Å². The Balaban J connectivity index is 1.94. The van der Waals surface area contributed by atoms with E-state index < -0.39 is 0 Å². The highest BCUT2D eigenvalue weighted by Crippen LogP contribution is 2.48. The lowest BCUT2D eigenvalue weighted by Gasteiger charge is -2.32. The topological polar surface area (TPSA) is 32.3 Å². The number of amides is 1. The molecule has 0 bridgehead atoms. The van der Waals surface area contributed by atoms with Crippen molar-refractivity contribution >= 4 is 17.2 Å². The summed E-state index contributed by atoms with van der Waals surface area (Å²) in [5.74, 6) is 0.785. The molecule has 1 amide bonds. The summed E-state index contributed by atoms with van der Waals surface area (Å²) >= 11 is 1.79. The Bertz CT molecular complexity index is 504. The van der Waals surface area contributed by atoms with Gasteiger partial charge < -0.3 is 4.90 Å². The average molecular weight is 278 g/mol. The largest absolute Gasteiger partial charge is 0.318 e. The fraction of sp³-hybridized carbons (Fsp3) is 0.667. The molecule has 1 aromatic heterocycles. The van der Waals surface area contributed by atoms with Crippen molar-refractivity contribution in [2.45, 2.75) is 58.3 Å². The highest BCUT2D eigenvalue weighted by atomic mass is 32.1. The first kappa shape index (κ1) is 13.1. The SMILES string of the molecule is Cc1ccc(C2NC3(CC3)C(=O)N2C(C)C(C)C)s1. The van der Waals surface area contributed by atoms with Gasteiger partial charge in [-0.1, -0.05) is 13.8 Å². The van der Waals surface area contributed by atoms with Crippen molar-refractivity contribution in [1.29, 1.82) is 0 Å². The van der Waals surface area contributed by atoms with E-state index in [-0.39, 0.29) is 17.7 Å². The van der Waals surface area contributed by atoms with Crippen LogP contribution in [-0.2, 0) is 4.79 Å². The van der Waals surface area contributed by atoms with E-state index in [2.05, 4.69) is 50.0 Å². The van der Waals surface area contributed by atoms with E-state index in [4.69, 9.17) is 0 Å². The van der Waals surface area contributed by atoms with Gasteiger partial charge in [0.05, 0.1) is 0 Å². The van der Waals surface area contributed by atoms with Crippen LogP contribution in [0.2, 0.25) is 0 Å². The third-order valence-electron chi connectivity index (χ3n) is 4.52. The predicted octanol–water partition coefficient (Wildman–Crippen LogP) is 3.06. The Morgan fingerprint density at radius 1 is 1.37 bits per heavy atom. The van der Waals surface area contributed by atoms with Crippen molar-refractivity contribution in [1.82, 2.24) is 10.2 Å². The lowest BCUT2D eigenvalue weighted by atomic mass is 10.0. The predicted molar refractivity (Wildman–Crippen MR) is 78.0 cm³/mol. The molecule has 2 fully saturated rings. The second kappa shape index (κ2) is 4.32. The maximum Gasteiger partial charge on any atom is 0.244 e. The number of thiophene rings is 1. The Hall–Kier alpha value is -0.870. The Labute approximate surface area is 119 Å². The molecule has 1 aliphatic heterocycles. The van der Waals surface area contributed by atoms with Gasteiger partial charge in [0.2, 0.25) is 5.91 Å². The number of hydrogen-bond donors (Lipinski definition) is 1. The molecule has 19 heavy (non-hydrogen) atoms. The molecule has 3 rings (SSSR count). The summed E-state index contributed by atoms with van der Waals surface area (Å²) in [7, 11) is 0. The van der Waals surface area contributed by atoms with E-state index in [9.17, 15) is 4.79 Å². The van der Waals surface area contributed by atoms with Crippen molar-refractivity contribution in [2.24, 2.45) is 5.92 Å². The zero-order valence-corrected chi connectivity index (χ0v) is 12.9. The van der Waals surface area contributed by atoms with Gasteiger partial charge >= 0.3 is 0 Å². The van der Waals surface area contributed by atoms with Crippen LogP contribution in [0.15, 0.2) is 12.1 Å². The van der Waals surface area contributed by atoms with Gasteiger partial charge in [0.1, 0.15) is 11.7 Å². The number of carbonyl (C=O) groups is 1. The normalized spacial score (nSPS) is 26.5. The first-order chi connectivity index (χ1) is 8.94. The van der Waals surface area contributed by atoms with Crippen molar-refractivity contribution in [3.8, 4) is 0 Å². The molecule has 4 heteroatoms. The third-order valence-corrected chi connectivity index (χ3v) is 5.57. The molecule has 104 valence electrons. The van der Waals surface area contributed by atoms with Gasteiger partial charge in [-0.25, -0.2) is 0 Å². The number of carbonyl (C=O) groups excluding carboxylic acids is 1. The van der Waals surface area contributed by atoms with Crippen molar-refractivity contribution in [3.63, 3.8) is 0 Å². The lowest BCUT2D eigenvalue weighted by molar-refractivity contribution is -0.133. The molecule has 0 aromatic carbocycles. The molecule has 2 unspecified atom stereocenters. The molecule has 1 saturated carbocycles.